The van der Waals surface area contributed by atoms with E-state index in [1.54, 1.807) is 12.4 Å². The number of nitrogen functional groups attached to an aromatic ring is 1. The first-order valence-electron chi connectivity index (χ1n) is 6.29. The number of rotatable bonds is 1. The van der Waals surface area contributed by atoms with Crippen LogP contribution in [0.4, 0.5) is 5.69 Å². The molecule has 2 aromatic heterocycles. The molecular weight excluding hydrogens is 282 g/mol. The first-order chi connectivity index (χ1) is 9.18. The van der Waals surface area contributed by atoms with E-state index in [-0.39, 0.29) is 5.91 Å². The highest BCUT2D eigenvalue weighted by molar-refractivity contribution is 7.22. The third-order valence-corrected chi connectivity index (χ3v) is 5.07. The summed E-state index contributed by atoms with van der Waals surface area (Å²) in [5.74, 6) is 0.0227. The Labute approximate surface area is 120 Å². The molecule has 1 saturated heterocycles. The molecule has 0 aliphatic carbocycles. The molecule has 0 bridgehead atoms. The van der Waals surface area contributed by atoms with Gasteiger partial charge in [-0.05, 0) is 19.3 Å². The highest BCUT2D eigenvalue weighted by Crippen LogP contribution is 2.37. The van der Waals surface area contributed by atoms with E-state index in [1.807, 2.05) is 4.90 Å². The summed E-state index contributed by atoms with van der Waals surface area (Å²) in [6.45, 7) is 1.64. The van der Waals surface area contributed by atoms with Crippen LogP contribution in [0.2, 0.25) is 5.02 Å². The lowest BCUT2D eigenvalue weighted by atomic mass is 10.1. The molecule has 3 heterocycles. The molecule has 1 aliphatic heterocycles. The maximum Gasteiger partial charge on any atom is 0.266 e. The van der Waals surface area contributed by atoms with E-state index < -0.39 is 0 Å². The molecule has 0 spiro atoms. The number of fused-ring (bicyclic) bond motifs is 1. The molecule has 3 rings (SSSR count). The van der Waals surface area contributed by atoms with Crippen LogP contribution >= 0.6 is 22.9 Å². The van der Waals surface area contributed by atoms with Crippen molar-refractivity contribution in [2.75, 3.05) is 18.8 Å². The zero-order valence-electron chi connectivity index (χ0n) is 10.4. The van der Waals surface area contributed by atoms with Crippen molar-refractivity contribution in [2.24, 2.45) is 0 Å². The zero-order chi connectivity index (χ0) is 13.4. The molecule has 4 nitrogen and oxygen atoms in total. The summed E-state index contributed by atoms with van der Waals surface area (Å²) < 4.78 is 0.842. The van der Waals surface area contributed by atoms with E-state index in [4.69, 9.17) is 17.3 Å². The molecule has 0 saturated carbocycles. The molecule has 6 heteroatoms. The number of piperidine rings is 1. The van der Waals surface area contributed by atoms with Gasteiger partial charge in [-0.25, -0.2) is 0 Å². The van der Waals surface area contributed by atoms with Crippen molar-refractivity contribution in [3.8, 4) is 0 Å². The molecule has 2 N–H and O–H groups in total. The van der Waals surface area contributed by atoms with Crippen molar-refractivity contribution in [2.45, 2.75) is 19.3 Å². The number of hydrogen-bond donors (Lipinski definition) is 1. The molecule has 0 aromatic carbocycles. The Balaban J connectivity index is 2.02. The lowest BCUT2D eigenvalue weighted by molar-refractivity contribution is 0.0730. The van der Waals surface area contributed by atoms with Crippen molar-refractivity contribution in [1.82, 2.24) is 9.88 Å². The van der Waals surface area contributed by atoms with Crippen molar-refractivity contribution in [3.05, 3.63) is 22.3 Å². The van der Waals surface area contributed by atoms with Crippen LogP contribution in [0.5, 0.6) is 0 Å². The molecule has 1 fully saturated rings. The predicted octanol–water partition coefficient (Wildman–Crippen LogP) is 3.16. The summed E-state index contributed by atoms with van der Waals surface area (Å²) in [5.41, 5.74) is 6.58. The predicted molar refractivity (Wildman–Crippen MR) is 78.8 cm³/mol. The summed E-state index contributed by atoms with van der Waals surface area (Å²) in [6, 6.07) is 0. The number of hydrogen-bond acceptors (Lipinski definition) is 4. The fraction of sp³-hybridized carbons (Fsp3) is 0.385. The molecule has 0 unspecified atom stereocenters. The molecule has 2 aromatic rings. The van der Waals surface area contributed by atoms with Gasteiger partial charge in [-0.3, -0.25) is 9.78 Å². The third kappa shape index (κ3) is 2.17. The molecule has 1 amide bonds. The van der Waals surface area contributed by atoms with Crippen molar-refractivity contribution < 1.29 is 4.79 Å². The summed E-state index contributed by atoms with van der Waals surface area (Å²) in [5, 5.41) is 1.32. The Morgan fingerprint density at radius 1 is 1.32 bits per heavy atom. The summed E-state index contributed by atoms with van der Waals surface area (Å²) in [6.07, 6.45) is 6.58. The maximum absolute atomic E-state index is 12.5. The second kappa shape index (κ2) is 4.98. The third-order valence-electron chi connectivity index (χ3n) is 3.43. The van der Waals surface area contributed by atoms with E-state index in [9.17, 15) is 4.79 Å². The minimum Gasteiger partial charge on any atom is -0.397 e. The van der Waals surface area contributed by atoms with Gasteiger partial charge < -0.3 is 10.6 Å². The number of amides is 1. The average Bonchev–Trinajstić information content (AvgIpc) is 2.78. The SMILES string of the molecule is Nc1c(C(=O)N2CCCCC2)sc2c(Cl)cncc12. The average molecular weight is 296 g/mol. The number of aromatic nitrogens is 1. The van der Waals surface area contributed by atoms with Gasteiger partial charge in [0.25, 0.3) is 5.91 Å². The Kier molecular flexibility index (Phi) is 3.33. The van der Waals surface area contributed by atoms with Gasteiger partial charge in [0.15, 0.2) is 0 Å². The number of nitrogens with zero attached hydrogens (tertiary/aromatic N) is 2. The second-order valence-corrected chi connectivity index (χ2v) is 6.12. The van der Waals surface area contributed by atoms with Gasteiger partial charge in [0.1, 0.15) is 4.88 Å². The van der Waals surface area contributed by atoms with E-state index >= 15 is 0 Å². The normalized spacial score (nSPS) is 15.9. The standard InChI is InChI=1S/C13H14ClN3OS/c14-9-7-16-6-8-10(15)12(19-11(8)9)13(18)17-4-2-1-3-5-17/h6-7H,1-5,15H2. The fourth-order valence-electron chi connectivity index (χ4n) is 2.40. The Morgan fingerprint density at radius 2 is 2.05 bits per heavy atom. The van der Waals surface area contributed by atoms with Crippen molar-refractivity contribution >= 4 is 44.6 Å². The van der Waals surface area contributed by atoms with Crippen LogP contribution < -0.4 is 5.73 Å². The Bertz CT molecular complexity index is 634. The minimum absolute atomic E-state index is 0.0227. The summed E-state index contributed by atoms with van der Waals surface area (Å²) in [4.78, 5) is 19.0. The Morgan fingerprint density at radius 3 is 2.74 bits per heavy atom. The van der Waals surface area contributed by atoms with E-state index in [0.717, 1.165) is 36.0 Å². The molecule has 1 aliphatic rings. The number of carbonyl (C=O) groups is 1. The number of halogens is 1. The van der Waals surface area contributed by atoms with Crippen LogP contribution in [0.1, 0.15) is 28.9 Å². The first kappa shape index (κ1) is 12.7. The second-order valence-electron chi connectivity index (χ2n) is 4.70. The number of anilines is 1. The lowest BCUT2D eigenvalue weighted by Crippen LogP contribution is -2.35. The van der Waals surface area contributed by atoms with E-state index in [1.165, 1.54) is 17.8 Å². The van der Waals surface area contributed by atoms with Gasteiger partial charge in [0.2, 0.25) is 0 Å². The highest BCUT2D eigenvalue weighted by Gasteiger charge is 2.24. The number of carbonyl (C=O) groups excluding carboxylic acids is 1. The Hall–Kier alpha value is -1.33. The lowest BCUT2D eigenvalue weighted by Gasteiger charge is -2.26. The van der Waals surface area contributed by atoms with E-state index in [0.29, 0.717) is 15.6 Å². The number of nitrogens with two attached hydrogens (primary N) is 1. The quantitative estimate of drug-likeness (QED) is 0.879. The van der Waals surface area contributed by atoms with Crippen LogP contribution in [0.15, 0.2) is 12.4 Å². The van der Waals surface area contributed by atoms with Gasteiger partial charge in [0.05, 0.1) is 15.4 Å². The van der Waals surface area contributed by atoms with Gasteiger partial charge in [-0.1, -0.05) is 11.6 Å². The number of thiophene rings is 1. The van der Waals surface area contributed by atoms with Crippen LogP contribution in [-0.2, 0) is 0 Å². The zero-order valence-corrected chi connectivity index (χ0v) is 11.9. The van der Waals surface area contributed by atoms with Gasteiger partial charge >= 0.3 is 0 Å². The first-order valence-corrected chi connectivity index (χ1v) is 7.48. The molecule has 100 valence electrons. The van der Waals surface area contributed by atoms with Gasteiger partial charge in [-0.2, -0.15) is 0 Å². The van der Waals surface area contributed by atoms with Crippen LogP contribution in [-0.4, -0.2) is 28.9 Å². The van der Waals surface area contributed by atoms with E-state index in [2.05, 4.69) is 4.98 Å². The smallest absolute Gasteiger partial charge is 0.266 e. The van der Waals surface area contributed by atoms with Gasteiger partial charge in [0, 0.05) is 30.9 Å². The minimum atomic E-state index is 0.0227. The summed E-state index contributed by atoms with van der Waals surface area (Å²) in [7, 11) is 0. The van der Waals surface area contributed by atoms with Crippen molar-refractivity contribution in [1.29, 1.82) is 0 Å². The highest BCUT2D eigenvalue weighted by atomic mass is 35.5. The van der Waals surface area contributed by atoms with Crippen LogP contribution in [0.25, 0.3) is 10.1 Å². The van der Waals surface area contributed by atoms with Crippen LogP contribution in [0, 0.1) is 0 Å². The fourth-order valence-corrected chi connectivity index (χ4v) is 3.73. The topological polar surface area (TPSA) is 59.2 Å². The monoisotopic (exact) mass is 295 g/mol. The molecule has 19 heavy (non-hydrogen) atoms. The largest absolute Gasteiger partial charge is 0.397 e. The molecule has 0 radical (unpaired) electrons. The maximum atomic E-state index is 12.5. The van der Waals surface area contributed by atoms with Crippen LogP contribution in [0.3, 0.4) is 0 Å². The molecule has 0 atom stereocenters. The number of likely N-dealkylation sites (tertiary alicyclic amines) is 1. The number of pyridine rings is 1. The van der Waals surface area contributed by atoms with Gasteiger partial charge in [-0.15, -0.1) is 11.3 Å². The molecular formula is C13H14ClN3OS. The van der Waals surface area contributed by atoms with Crippen molar-refractivity contribution in [3.63, 3.8) is 0 Å². The summed E-state index contributed by atoms with van der Waals surface area (Å²) >= 11 is 7.46.